The van der Waals surface area contributed by atoms with E-state index in [-0.39, 0.29) is 11.4 Å². The summed E-state index contributed by atoms with van der Waals surface area (Å²) in [6.07, 6.45) is 1.43. The zero-order valence-corrected chi connectivity index (χ0v) is 12.7. The van der Waals surface area contributed by atoms with E-state index in [1.165, 1.54) is 6.21 Å². The zero-order valence-electron chi connectivity index (χ0n) is 12.7. The van der Waals surface area contributed by atoms with Crippen LogP contribution in [0, 0.1) is 13.8 Å². The van der Waals surface area contributed by atoms with Gasteiger partial charge in [-0.3, -0.25) is 9.78 Å². The molecule has 0 saturated carbocycles. The molecular formula is C16H15N5O2. The summed E-state index contributed by atoms with van der Waals surface area (Å²) >= 11 is 0. The first-order valence-electron chi connectivity index (χ1n) is 7.00. The average Bonchev–Trinajstić information content (AvgIpc) is 2.49. The van der Waals surface area contributed by atoms with Crippen LogP contribution in [0.1, 0.15) is 17.0 Å². The van der Waals surface area contributed by atoms with Crippen LogP contribution in [-0.4, -0.2) is 26.3 Å². The van der Waals surface area contributed by atoms with Gasteiger partial charge in [0.05, 0.1) is 11.8 Å². The standard InChI is InChI=1S/C16H15N5O2/c1-9-7-10(2)19-16(18-9)21-17-8-13-11-5-3-4-6-12(11)14(22)20-15(13)23/h3-8H,1-2H3,(H,18,19,21)(H2,20,22,23)/b17-8+. The Morgan fingerprint density at radius 1 is 1.17 bits per heavy atom. The third-order valence-corrected chi connectivity index (χ3v) is 3.29. The number of nitrogens with zero attached hydrogens (tertiary/aromatic N) is 3. The Bertz CT molecular complexity index is 942. The molecule has 0 aliphatic heterocycles. The second-order valence-corrected chi connectivity index (χ2v) is 5.11. The fourth-order valence-corrected chi connectivity index (χ4v) is 2.35. The number of rotatable bonds is 3. The molecule has 0 bridgehead atoms. The van der Waals surface area contributed by atoms with Crippen LogP contribution in [0.4, 0.5) is 5.95 Å². The Balaban J connectivity index is 1.96. The van der Waals surface area contributed by atoms with Gasteiger partial charge in [0, 0.05) is 22.2 Å². The van der Waals surface area contributed by atoms with Gasteiger partial charge in [-0.25, -0.2) is 15.4 Å². The number of fused-ring (bicyclic) bond motifs is 1. The average molecular weight is 309 g/mol. The first-order chi connectivity index (χ1) is 11.0. The van der Waals surface area contributed by atoms with Crippen molar-refractivity contribution >= 4 is 22.9 Å². The van der Waals surface area contributed by atoms with Crippen molar-refractivity contribution < 1.29 is 5.11 Å². The van der Waals surface area contributed by atoms with Gasteiger partial charge in [-0.15, -0.1) is 0 Å². The largest absolute Gasteiger partial charge is 0.494 e. The maximum atomic E-state index is 11.8. The summed E-state index contributed by atoms with van der Waals surface area (Å²) in [5.74, 6) is 0.132. The molecule has 2 heterocycles. The molecule has 3 aromatic rings. The molecule has 0 spiro atoms. The van der Waals surface area contributed by atoms with E-state index in [9.17, 15) is 9.90 Å². The maximum absolute atomic E-state index is 11.8. The fourth-order valence-electron chi connectivity index (χ4n) is 2.35. The number of aryl methyl sites for hydroxylation is 2. The number of aromatic amines is 1. The number of benzene rings is 1. The molecule has 7 nitrogen and oxygen atoms in total. The Labute approximate surface area is 131 Å². The normalized spacial score (nSPS) is 11.2. The molecule has 0 saturated heterocycles. The highest BCUT2D eigenvalue weighted by atomic mass is 16.3. The number of hydrogen-bond donors (Lipinski definition) is 3. The Kier molecular flexibility index (Phi) is 3.76. The van der Waals surface area contributed by atoms with Gasteiger partial charge in [-0.1, -0.05) is 18.2 Å². The van der Waals surface area contributed by atoms with Crippen molar-refractivity contribution in [3.05, 3.63) is 57.6 Å². The molecule has 1 aromatic carbocycles. The van der Waals surface area contributed by atoms with Crippen LogP contribution in [0.25, 0.3) is 10.8 Å². The van der Waals surface area contributed by atoms with Crippen molar-refractivity contribution in [1.82, 2.24) is 15.0 Å². The van der Waals surface area contributed by atoms with Gasteiger partial charge in [-0.05, 0) is 26.0 Å². The van der Waals surface area contributed by atoms with Gasteiger partial charge in [0.15, 0.2) is 0 Å². The molecule has 0 unspecified atom stereocenters. The third-order valence-electron chi connectivity index (χ3n) is 3.29. The summed E-state index contributed by atoms with van der Waals surface area (Å²) in [6.45, 7) is 3.73. The number of hydrogen-bond acceptors (Lipinski definition) is 6. The van der Waals surface area contributed by atoms with Crippen LogP contribution in [0.3, 0.4) is 0 Å². The molecular weight excluding hydrogens is 294 g/mol. The Morgan fingerprint density at radius 3 is 2.52 bits per heavy atom. The van der Waals surface area contributed by atoms with E-state index in [0.29, 0.717) is 22.3 Å². The van der Waals surface area contributed by atoms with Crippen LogP contribution in [-0.2, 0) is 0 Å². The number of hydrazone groups is 1. The smallest absolute Gasteiger partial charge is 0.258 e. The molecule has 0 fully saturated rings. The van der Waals surface area contributed by atoms with E-state index < -0.39 is 0 Å². The zero-order chi connectivity index (χ0) is 16.4. The third kappa shape index (κ3) is 3.03. The first-order valence-corrected chi connectivity index (χ1v) is 7.00. The Morgan fingerprint density at radius 2 is 1.83 bits per heavy atom. The van der Waals surface area contributed by atoms with Crippen molar-refractivity contribution in [3.63, 3.8) is 0 Å². The number of nitrogens with one attached hydrogen (secondary N) is 2. The molecule has 0 aliphatic carbocycles. The number of aromatic nitrogens is 3. The lowest BCUT2D eigenvalue weighted by Crippen LogP contribution is -2.08. The molecule has 3 N–H and O–H groups in total. The lowest BCUT2D eigenvalue weighted by Gasteiger charge is -2.05. The minimum absolute atomic E-state index is 0.236. The van der Waals surface area contributed by atoms with Crippen LogP contribution in [0.15, 0.2) is 40.2 Å². The lowest BCUT2D eigenvalue weighted by atomic mass is 10.1. The first kappa shape index (κ1) is 14.7. The van der Waals surface area contributed by atoms with E-state index in [1.807, 2.05) is 19.9 Å². The summed E-state index contributed by atoms with van der Waals surface area (Å²) in [7, 11) is 0. The number of H-pyrrole nitrogens is 1. The van der Waals surface area contributed by atoms with E-state index >= 15 is 0 Å². The predicted octanol–water partition coefficient (Wildman–Crippen LogP) is 2.09. The molecule has 7 heteroatoms. The van der Waals surface area contributed by atoms with Crippen LogP contribution in [0.2, 0.25) is 0 Å². The predicted molar refractivity (Wildman–Crippen MR) is 89.0 cm³/mol. The monoisotopic (exact) mass is 309 g/mol. The molecule has 2 aromatic heterocycles. The SMILES string of the molecule is Cc1cc(C)nc(N/N=C/c2c(O)[nH]c(=O)c3ccccc23)n1. The van der Waals surface area contributed by atoms with Crippen molar-refractivity contribution in [3.8, 4) is 5.88 Å². The summed E-state index contributed by atoms with van der Waals surface area (Å²) in [4.78, 5) is 22.6. The van der Waals surface area contributed by atoms with Gasteiger partial charge >= 0.3 is 0 Å². The second kappa shape index (κ2) is 5.88. The molecule has 0 atom stereocenters. The van der Waals surface area contributed by atoms with Gasteiger partial charge in [0.1, 0.15) is 0 Å². The van der Waals surface area contributed by atoms with Crippen LogP contribution in [0.5, 0.6) is 5.88 Å². The number of anilines is 1. The molecule has 23 heavy (non-hydrogen) atoms. The van der Waals surface area contributed by atoms with Crippen molar-refractivity contribution in [2.45, 2.75) is 13.8 Å². The minimum Gasteiger partial charge on any atom is -0.494 e. The van der Waals surface area contributed by atoms with E-state index in [0.717, 1.165) is 11.4 Å². The van der Waals surface area contributed by atoms with Crippen LogP contribution >= 0.6 is 0 Å². The highest BCUT2D eigenvalue weighted by Crippen LogP contribution is 2.20. The molecule has 3 rings (SSSR count). The van der Waals surface area contributed by atoms with Crippen molar-refractivity contribution in [2.24, 2.45) is 5.10 Å². The summed E-state index contributed by atoms with van der Waals surface area (Å²) in [5.41, 5.74) is 4.45. The quantitative estimate of drug-likeness (QED) is 0.508. The molecule has 116 valence electrons. The summed E-state index contributed by atoms with van der Waals surface area (Å²) in [6, 6.07) is 8.84. The Hall–Kier alpha value is -3.22. The van der Waals surface area contributed by atoms with Crippen molar-refractivity contribution in [2.75, 3.05) is 5.43 Å². The molecule has 0 amide bonds. The van der Waals surface area contributed by atoms with Crippen molar-refractivity contribution in [1.29, 1.82) is 0 Å². The maximum Gasteiger partial charge on any atom is 0.258 e. The summed E-state index contributed by atoms with van der Waals surface area (Å²) < 4.78 is 0. The highest BCUT2D eigenvalue weighted by Gasteiger charge is 2.08. The number of pyridine rings is 1. The van der Waals surface area contributed by atoms with Gasteiger partial charge < -0.3 is 5.11 Å². The van der Waals surface area contributed by atoms with Gasteiger partial charge in [0.2, 0.25) is 11.8 Å². The topological polar surface area (TPSA) is 103 Å². The highest BCUT2D eigenvalue weighted by molar-refractivity contribution is 6.01. The minimum atomic E-state index is -0.346. The van der Waals surface area contributed by atoms with Crippen LogP contribution < -0.4 is 11.0 Å². The second-order valence-electron chi connectivity index (χ2n) is 5.11. The lowest BCUT2D eigenvalue weighted by molar-refractivity contribution is 0.452. The van der Waals surface area contributed by atoms with Gasteiger partial charge in [-0.2, -0.15) is 5.10 Å². The van der Waals surface area contributed by atoms with E-state index in [4.69, 9.17) is 0 Å². The molecule has 0 radical (unpaired) electrons. The molecule has 0 aliphatic rings. The number of aromatic hydroxyl groups is 1. The van der Waals surface area contributed by atoms with E-state index in [2.05, 4.69) is 25.5 Å². The summed E-state index contributed by atoms with van der Waals surface area (Å²) in [5, 5.41) is 15.1. The fraction of sp³-hybridized carbons (Fsp3) is 0.125. The van der Waals surface area contributed by atoms with Gasteiger partial charge in [0.25, 0.3) is 5.56 Å². The van der Waals surface area contributed by atoms with E-state index in [1.54, 1.807) is 24.3 Å².